The van der Waals surface area contributed by atoms with Gasteiger partial charge in [-0.3, -0.25) is 4.79 Å². The minimum absolute atomic E-state index is 0.114. The Kier molecular flexibility index (Phi) is 8.56. The van der Waals surface area contributed by atoms with Crippen LogP contribution in [-0.4, -0.2) is 57.3 Å². The molecule has 1 aliphatic heterocycles. The number of carboxylic acids is 1. The Hall–Kier alpha value is -1.97. The molecule has 5 fully saturated rings. The minimum atomic E-state index is -0.621. The molecular formula is C41H67N5O4. The van der Waals surface area contributed by atoms with E-state index >= 15 is 0 Å². The zero-order valence-corrected chi connectivity index (χ0v) is 32.7. The summed E-state index contributed by atoms with van der Waals surface area (Å²) in [5.74, 6) is 2.35. The molecular weight excluding hydrogens is 626 g/mol. The Labute approximate surface area is 301 Å². The predicted octanol–water partition coefficient (Wildman–Crippen LogP) is 7.63. The van der Waals surface area contributed by atoms with Crippen LogP contribution >= 0.6 is 0 Å². The first-order valence-electron chi connectivity index (χ1n) is 19.9. The van der Waals surface area contributed by atoms with Crippen molar-refractivity contribution in [3.63, 3.8) is 0 Å². The fraction of sp³-hybridized carbons (Fsp3) is 0.878. The van der Waals surface area contributed by atoms with E-state index in [1.54, 1.807) is 0 Å². The summed E-state index contributed by atoms with van der Waals surface area (Å²) in [7, 11) is 0. The summed E-state index contributed by atoms with van der Waals surface area (Å²) in [5.41, 5.74) is 13.4. The van der Waals surface area contributed by atoms with Crippen molar-refractivity contribution < 1.29 is 19.4 Å². The molecule has 2 bridgehead atoms. The number of ether oxygens (including phenoxy) is 2. The monoisotopic (exact) mass is 694 g/mol. The van der Waals surface area contributed by atoms with Crippen LogP contribution in [0.25, 0.3) is 0 Å². The molecule has 4 saturated carbocycles. The van der Waals surface area contributed by atoms with Gasteiger partial charge in [-0.25, -0.2) is 4.68 Å². The summed E-state index contributed by atoms with van der Waals surface area (Å²) in [6.45, 7) is 24.4. The van der Waals surface area contributed by atoms with Crippen molar-refractivity contribution in [1.82, 2.24) is 14.8 Å². The van der Waals surface area contributed by atoms with E-state index in [0.717, 1.165) is 57.2 Å². The largest absolute Gasteiger partial charge is 0.481 e. The van der Waals surface area contributed by atoms with Crippen LogP contribution in [0, 0.1) is 62.6 Å². The van der Waals surface area contributed by atoms with Crippen LogP contribution < -0.4 is 11.5 Å². The van der Waals surface area contributed by atoms with Gasteiger partial charge in [-0.1, -0.05) is 74.0 Å². The number of aromatic nitrogens is 3. The molecule has 0 spiro atoms. The lowest BCUT2D eigenvalue weighted by Gasteiger charge is -2.71. The quantitative estimate of drug-likeness (QED) is 0.225. The molecule has 50 heavy (non-hydrogen) atoms. The normalized spacial score (nSPS) is 44.5. The second kappa shape index (κ2) is 11.8. The van der Waals surface area contributed by atoms with Crippen molar-refractivity contribution >= 4 is 11.9 Å². The molecule has 9 nitrogen and oxygen atoms in total. The predicted molar refractivity (Wildman–Crippen MR) is 196 cm³/mol. The highest BCUT2D eigenvalue weighted by molar-refractivity contribution is 5.73. The summed E-state index contributed by atoms with van der Waals surface area (Å²) in [5, 5.41) is 16.2. The van der Waals surface area contributed by atoms with Crippen LogP contribution in [-0.2, 0) is 14.3 Å². The van der Waals surface area contributed by atoms with Crippen LogP contribution in [0.4, 0.5) is 5.95 Å². The van der Waals surface area contributed by atoms with E-state index in [2.05, 4.69) is 75.3 Å². The number of aliphatic carboxylic acids is 1. The van der Waals surface area contributed by atoms with Crippen LogP contribution in [0.2, 0.25) is 0 Å². The lowest BCUT2D eigenvalue weighted by atomic mass is 9.34. The van der Waals surface area contributed by atoms with Gasteiger partial charge in [0, 0.05) is 22.3 Å². The zero-order chi connectivity index (χ0) is 36.4. The molecule has 12 atom stereocenters. The third-order valence-corrected chi connectivity index (χ3v) is 16.9. The van der Waals surface area contributed by atoms with Crippen molar-refractivity contribution in [1.29, 1.82) is 0 Å². The average molecular weight is 694 g/mol. The van der Waals surface area contributed by atoms with Crippen molar-refractivity contribution in [2.45, 2.75) is 144 Å². The first kappa shape index (κ1) is 36.4. The van der Waals surface area contributed by atoms with Crippen LogP contribution in [0.3, 0.4) is 0 Å². The van der Waals surface area contributed by atoms with E-state index in [1.165, 1.54) is 5.57 Å². The fourth-order valence-corrected chi connectivity index (χ4v) is 12.7. The maximum Gasteiger partial charge on any atom is 0.307 e. The van der Waals surface area contributed by atoms with Gasteiger partial charge < -0.3 is 26.0 Å². The highest BCUT2D eigenvalue weighted by Crippen LogP contribution is 2.75. The lowest BCUT2D eigenvalue weighted by Crippen LogP contribution is -2.69. The highest BCUT2D eigenvalue weighted by Gasteiger charge is 2.72. The number of rotatable bonds is 9. The maximum absolute atomic E-state index is 13.5. The van der Waals surface area contributed by atoms with Gasteiger partial charge in [0.1, 0.15) is 0 Å². The molecule has 0 amide bonds. The number of carbonyl (C=O) groups is 1. The summed E-state index contributed by atoms with van der Waals surface area (Å²) in [4.78, 5) is 18.3. The van der Waals surface area contributed by atoms with E-state index in [-0.39, 0.29) is 45.1 Å². The van der Waals surface area contributed by atoms with Crippen molar-refractivity contribution in [2.75, 3.05) is 25.6 Å². The van der Waals surface area contributed by atoms with E-state index in [4.69, 9.17) is 31.0 Å². The van der Waals surface area contributed by atoms with Gasteiger partial charge in [0.15, 0.2) is 5.82 Å². The van der Waals surface area contributed by atoms with Crippen LogP contribution in [0.5, 0.6) is 0 Å². The Morgan fingerprint density at radius 1 is 1.08 bits per heavy atom. The van der Waals surface area contributed by atoms with Gasteiger partial charge in [-0.05, 0) is 104 Å². The molecule has 2 heterocycles. The van der Waals surface area contributed by atoms with Crippen LogP contribution in [0.1, 0.15) is 138 Å². The number of nitrogens with two attached hydrogens (primary N) is 2. The van der Waals surface area contributed by atoms with Gasteiger partial charge in [0.05, 0.1) is 37.9 Å². The molecule has 7 rings (SSSR count). The average Bonchev–Trinajstić information content (AvgIpc) is 3.81. The molecule has 0 unspecified atom stereocenters. The number of anilines is 1. The van der Waals surface area contributed by atoms with E-state index in [9.17, 15) is 9.90 Å². The smallest absolute Gasteiger partial charge is 0.307 e. The topological polar surface area (TPSA) is 139 Å². The molecule has 280 valence electrons. The zero-order valence-electron chi connectivity index (χ0n) is 32.7. The molecule has 1 saturated heterocycles. The molecule has 1 aromatic rings. The number of hydrogen-bond acceptors (Lipinski definition) is 7. The standard InChI is InChI=1S/C41H67N5O4/c1-23(2)25(5)36(6)17-18-38(8)27-13-14-30-37(7)20-49-22-41(30,28(27)15-16-39(38,9)31(36)34(47)48)19-29(32(37)50-21-40(10,43)24(3)4)46-35(42)44-33(45-46)26-11-12-26/h15,23-27,29-32H,11-14,16-22,43H2,1-10H3,(H,47,48)(H2,42,44,45)/t25-,27+,29-,30+,31-,32+,36-,37-,38-,39+,40+,41+/m1/s1. The molecule has 5 aliphatic carbocycles. The van der Waals surface area contributed by atoms with Gasteiger partial charge in [0.25, 0.3) is 0 Å². The Morgan fingerprint density at radius 3 is 2.40 bits per heavy atom. The Morgan fingerprint density at radius 2 is 1.78 bits per heavy atom. The van der Waals surface area contributed by atoms with Gasteiger partial charge >= 0.3 is 5.97 Å². The summed E-state index contributed by atoms with van der Waals surface area (Å²) >= 11 is 0. The molecule has 0 radical (unpaired) electrons. The number of fused-ring (bicyclic) bond motifs is 3. The third kappa shape index (κ3) is 4.97. The Balaban J connectivity index is 1.33. The maximum atomic E-state index is 13.5. The van der Waals surface area contributed by atoms with E-state index in [0.29, 0.717) is 55.4 Å². The third-order valence-electron chi connectivity index (χ3n) is 16.9. The van der Waals surface area contributed by atoms with Gasteiger partial charge in [-0.2, -0.15) is 10.1 Å². The SMILES string of the molecule is CC(C)[C@@H](C)[C@@]1(C)CC[C@]2(C)[C@H]3CC[C@@H]4[C@@]5(COC[C@@]4(C)[C@@H](OC[C@](C)(N)C(C)C)[C@H](n4nc(C6CC6)nc4N)C5)C3=CC[C@@]2(C)[C@@H]1C(=O)O. The number of nitrogens with zero attached hydrogens (tertiary/aromatic N) is 3. The fourth-order valence-electron chi connectivity index (χ4n) is 12.7. The Bertz CT molecular complexity index is 1530. The van der Waals surface area contributed by atoms with E-state index < -0.39 is 17.4 Å². The molecule has 5 N–H and O–H groups in total. The summed E-state index contributed by atoms with van der Waals surface area (Å²) < 4.78 is 15.8. The highest BCUT2D eigenvalue weighted by atomic mass is 16.5. The first-order chi connectivity index (χ1) is 23.3. The molecule has 0 aromatic carbocycles. The van der Waals surface area contributed by atoms with Gasteiger partial charge in [-0.15, -0.1) is 0 Å². The number of hydrogen-bond donors (Lipinski definition) is 3. The molecule has 1 aromatic heterocycles. The number of nitrogen functional groups attached to an aromatic ring is 1. The first-order valence-corrected chi connectivity index (χ1v) is 19.9. The van der Waals surface area contributed by atoms with Crippen LogP contribution in [0.15, 0.2) is 11.6 Å². The summed E-state index contributed by atoms with van der Waals surface area (Å²) in [6, 6.07) is -0.114. The number of carboxylic acid groups (broad SMARTS) is 1. The lowest BCUT2D eigenvalue weighted by molar-refractivity contribution is -0.252. The van der Waals surface area contributed by atoms with Gasteiger partial charge in [0.2, 0.25) is 5.95 Å². The summed E-state index contributed by atoms with van der Waals surface area (Å²) in [6.07, 6.45) is 10.3. The minimum Gasteiger partial charge on any atom is -0.481 e. The molecule has 9 heteroatoms. The van der Waals surface area contributed by atoms with Crippen molar-refractivity contribution in [3.8, 4) is 0 Å². The van der Waals surface area contributed by atoms with Crippen molar-refractivity contribution in [3.05, 3.63) is 17.5 Å². The molecule has 6 aliphatic rings. The number of allylic oxidation sites excluding steroid dienone is 1. The van der Waals surface area contributed by atoms with Crippen molar-refractivity contribution in [2.24, 2.45) is 68.3 Å². The second-order valence-corrected chi connectivity index (χ2v) is 20.1. The van der Waals surface area contributed by atoms with E-state index in [1.807, 2.05) is 4.68 Å². The second-order valence-electron chi connectivity index (χ2n) is 20.1.